The molecule has 0 spiro atoms. The summed E-state index contributed by atoms with van der Waals surface area (Å²) < 4.78 is 14.6. The molecule has 0 saturated heterocycles. The summed E-state index contributed by atoms with van der Waals surface area (Å²) in [5.74, 6) is -0.971. The number of nitrogens with zero attached hydrogens (tertiary/aromatic N) is 2. The summed E-state index contributed by atoms with van der Waals surface area (Å²) in [4.78, 5) is 33.4. The van der Waals surface area contributed by atoms with Gasteiger partial charge in [-0.1, -0.05) is 66.7 Å². The minimum Gasteiger partial charge on any atom is -0.397 e. The zero-order valence-corrected chi connectivity index (χ0v) is 34.2. The van der Waals surface area contributed by atoms with Crippen molar-refractivity contribution in [3.8, 4) is 0 Å². The number of nitrogen functional groups attached to an aromatic ring is 1. The number of carbonyl (C=O) groups is 2. The van der Waals surface area contributed by atoms with Gasteiger partial charge in [-0.15, -0.1) is 0 Å². The number of aromatic nitrogens is 2. The van der Waals surface area contributed by atoms with E-state index in [0.29, 0.717) is 5.69 Å². The van der Waals surface area contributed by atoms with E-state index in [-0.39, 0.29) is 0 Å². The minimum absolute atomic E-state index is 0.486. The average molecular weight is 922 g/mol. The molecule has 6 aromatic carbocycles. The quantitative estimate of drug-likeness (QED) is 0.162. The van der Waals surface area contributed by atoms with Crippen LogP contribution in [0, 0.1) is 0 Å². The molecule has 55 heavy (non-hydrogen) atoms. The van der Waals surface area contributed by atoms with Crippen LogP contribution in [-0.2, 0) is 21.6 Å². The van der Waals surface area contributed by atoms with Gasteiger partial charge in [-0.25, -0.2) is 0 Å². The number of fused-ring (bicyclic) bond motifs is 2. The van der Waals surface area contributed by atoms with Gasteiger partial charge in [-0.3, -0.25) is 9.97 Å². The molecule has 0 fully saturated rings. The molecular weight excluding hydrogens is 880 g/mol. The van der Waals surface area contributed by atoms with Crippen LogP contribution in [0.15, 0.2) is 194 Å². The molecule has 0 aliphatic rings. The van der Waals surface area contributed by atoms with E-state index in [1.165, 1.54) is 30.4 Å². The van der Waals surface area contributed by atoms with Crippen molar-refractivity contribution < 1.29 is 15.2 Å². The van der Waals surface area contributed by atoms with Crippen molar-refractivity contribution in [2.45, 2.75) is 20.3 Å². The summed E-state index contributed by atoms with van der Waals surface area (Å²) in [6, 6.07) is 58.8. The number of benzene rings is 6. The average Bonchev–Trinajstić information content (AvgIpc) is 3.22. The van der Waals surface area contributed by atoms with Crippen LogP contribution in [0.25, 0.3) is 21.8 Å². The zero-order valence-electron chi connectivity index (χ0n) is 30.7. The summed E-state index contributed by atoms with van der Waals surface area (Å²) in [6.45, 7) is 2.71. The fraction of sp³-hybridized carbons (Fsp3) is 0.0638. The summed E-state index contributed by atoms with van der Waals surface area (Å²) in [7, 11) is 0. The molecule has 0 radical (unpaired) electrons. The third-order valence-electron chi connectivity index (χ3n) is 8.79. The number of hydrogen-bond acceptors (Lipinski definition) is 7. The van der Waals surface area contributed by atoms with Gasteiger partial charge in [0.05, 0.1) is 22.9 Å². The van der Waals surface area contributed by atoms with Crippen LogP contribution in [0.1, 0.15) is 25.0 Å². The Balaban J connectivity index is 0.000000155. The largest absolute Gasteiger partial charge is 0.397 e. The molecule has 7 nitrogen and oxygen atoms in total. The SMILES string of the molecule is CC(=O)[O][Bi]([O]C(C)=O)([c]1ccccc1)([c]1ccccc1)[c]1ccccc1.Nc1cnc2ccccc2c1.c1ccc(Cc2cnc3ccccc3c2)cc1. The second kappa shape index (κ2) is 17.7. The van der Waals surface area contributed by atoms with Gasteiger partial charge in [0.15, 0.2) is 0 Å². The number of para-hydroxylation sites is 2. The second-order valence-electron chi connectivity index (χ2n) is 12.8. The van der Waals surface area contributed by atoms with Crippen LogP contribution in [0.3, 0.4) is 0 Å². The van der Waals surface area contributed by atoms with Crippen molar-refractivity contribution in [1.29, 1.82) is 0 Å². The molecule has 8 rings (SSSR count). The molecule has 2 heterocycles. The van der Waals surface area contributed by atoms with E-state index in [2.05, 4.69) is 52.4 Å². The minimum atomic E-state index is -5.61. The van der Waals surface area contributed by atoms with Crippen LogP contribution >= 0.6 is 0 Å². The number of pyridine rings is 2. The smallest absolute Gasteiger partial charge is 0.0703 e. The number of nitrogens with two attached hydrogens (primary N) is 1. The van der Waals surface area contributed by atoms with E-state index in [0.717, 1.165) is 32.7 Å². The Morgan fingerprint density at radius 1 is 0.491 bits per heavy atom. The molecule has 2 aromatic heterocycles. The van der Waals surface area contributed by atoms with Crippen molar-refractivity contribution in [1.82, 2.24) is 9.97 Å². The topological polar surface area (TPSA) is 104 Å². The maximum absolute atomic E-state index is 12.4. The van der Waals surface area contributed by atoms with Gasteiger partial charge in [0.2, 0.25) is 0 Å². The first-order chi connectivity index (χ1) is 26.8. The van der Waals surface area contributed by atoms with Crippen molar-refractivity contribution in [2.75, 3.05) is 5.73 Å². The van der Waals surface area contributed by atoms with Gasteiger partial charge in [0, 0.05) is 17.0 Å². The molecule has 0 bridgehead atoms. The number of rotatable bonds is 7. The maximum Gasteiger partial charge on any atom is 0.0703 e. The maximum atomic E-state index is 12.4. The van der Waals surface area contributed by atoms with Crippen molar-refractivity contribution in [3.63, 3.8) is 0 Å². The Labute approximate surface area is 323 Å². The van der Waals surface area contributed by atoms with Gasteiger partial charge in [-0.05, 0) is 41.8 Å². The molecule has 0 aliphatic heterocycles. The molecule has 0 amide bonds. The molecule has 274 valence electrons. The Morgan fingerprint density at radius 2 is 0.873 bits per heavy atom. The van der Waals surface area contributed by atoms with Gasteiger partial charge >= 0.3 is 161 Å². The standard InChI is InChI=1S/C16H13N.C9H8N2.3C6H5.2C2H4O2.Bi/c1-2-6-13(7-3-1)10-14-11-15-8-4-5-9-16(15)17-12-14;10-8-5-7-3-1-2-4-9(7)11-6-8;3*1-2-4-6-5-3-1;2*1-2(3)4;/h1-9,11-12H,10H2;1-6H,10H2;3*1-5H;2*1H3,(H,3,4);/q;;;;;;;+2/p-2. The van der Waals surface area contributed by atoms with Crippen LogP contribution in [-0.4, -0.2) is 41.6 Å². The number of hydrogen-bond donors (Lipinski definition) is 1. The molecule has 0 aliphatic carbocycles. The van der Waals surface area contributed by atoms with E-state index in [1.54, 1.807) is 6.20 Å². The Morgan fingerprint density at radius 3 is 1.33 bits per heavy atom. The second-order valence-corrected chi connectivity index (χ2v) is 27.7. The first-order valence-corrected chi connectivity index (χ1v) is 25.9. The predicted molar refractivity (Wildman–Crippen MR) is 225 cm³/mol. The van der Waals surface area contributed by atoms with E-state index in [4.69, 9.17) is 11.4 Å². The van der Waals surface area contributed by atoms with Gasteiger partial charge in [-0.2, -0.15) is 0 Å². The molecule has 8 aromatic rings. The predicted octanol–water partition coefficient (Wildman–Crippen LogP) is 7.87. The van der Waals surface area contributed by atoms with Crippen LogP contribution in [0.5, 0.6) is 0 Å². The van der Waals surface area contributed by atoms with E-state index in [1.807, 2.05) is 146 Å². The molecule has 0 unspecified atom stereocenters. The molecule has 0 saturated carbocycles. The monoisotopic (exact) mass is 921 g/mol. The van der Waals surface area contributed by atoms with Crippen LogP contribution in [0.4, 0.5) is 5.69 Å². The first kappa shape index (κ1) is 38.5. The fourth-order valence-electron chi connectivity index (χ4n) is 6.50. The van der Waals surface area contributed by atoms with Gasteiger partial charge < -0.3 is 5.73 Å². The summed E-state index contributed by atoms with van der Waals surface area (Å²) in [6.07, 6.45) is 4.58. The zero-order chi connectivity index (χ0) is 38.5. The van der Waals surface area contributed by atoms with E-state index >= 15 is 0 Å². The first-order valence-electron chi connectivity index (χ1n) is 17.8. The molecular formula is C47H42BiN3O4. The number of anilines is 1. The molecule has 0 atom stereocenters. The van der Waals surface area contributed by atoms with E-state index in [9.17, 15) is 9.59 Å². The van der Waals surface area contributed by atoms with Gasteiger partial charge in [0.1, 0.15) is 0 Å². The molecule has 8 heteroatoms. The Kier molecular flexibility index (Phi) is 12.4. The Hall–Kier alpha value is -6.24. The Bertz CT molecular complexity index is 2380. The summed E-state index contributed by atoms with van der Waals surface area (Å²) in [5, 5.41) is 2.30. The molecule has 2 N–H and O–H groups in total. The normalized spacial score (nSPS) is 11.4. The van der Waals surface area contributed by atoms with Crippen LogP contribution in [0.2, 0.25) is 0 Å². The van der Waals surface area contributed by atoms with Crippen molar-refractivity contribution >= 4 is 68.9 Å². The van der Waals surface area contributed by atoms with Gasteiger partial charge in [0.25, 0.3) is 0 Å². The third kappa shape index (κ3) is 8.94. The fourth-order valence-corrected chi connectivity index (χ4v) is 24.7. The summed E-state index contributed by atoms with van der Waals surface area (Å²) in [5.41, 5.74) is 10.9. The third-order valence-corrected chi connectivity index (χ3v) is 27.9. The number of carbonyl (C=O) groups excluding carboxylic acids is 2. The van der Waals surface area contributed by atoms with E-state index < -0.39 is 31.6 Å². The van der Waals surface area contributed by atoms with Crippen LogP contribution < -0.4 is 15.5 Å². The van der Waals surface area contributed by atoms with Crippen molar-refractivity contribution in [3.05, 3.63) is 206 Å². The van der Waals surface area contributed by atoms with Crippen molar-refractivity contribution in [2.24, 2.45) is 0 Å². The summed E-state index contributed by atoms with van der Waals surface area (Å²) >= 11 is -5.61.